The highest BCUT2D eigenvalue weighted by Crippen LogP contribution is 2.32. The molecule has 0 aliphatic rings. The van der Waals surface area contributed by atoms with Crippen molar-refractivity contribution in [3.63, 3.8) is 0 Å². The topological polar surface area (TPSA) is 121 Å². The van der Waals surface area contributed by atoms with Gasteiger partial charge in [0.25, 0.3) is 5.69 Å². The Hall–Kier alpha value is -3.31. The maximum absolute atomic E-state index is 12.5. The summed E-state index contributed by atoms with van der Waals surface area (Å²) in [4.78, 5) is 23.0. The summed E-state index contributed by atoms with van der Waals surface area (Å²) in [5, 5.41) is 23.0. The quantitative estimate of drug-likeness (QED) is 0.204. The number of para-hydroxylation sites is 2. The van der Waals surface area contributed by atoms with Gasteiger partial charge in [0.1, 0.15) is 0 Å². The summed E-state index contributed by atoms with van der Waals surface area (Å²) in [7, 11) is 1.58. The van der Waals surface area contributed by atoms with Crippen LogP contribution in [0, 0.1) is 16.0 Å². The fraction of sp³-hybridized carbons (Fsp3) is 0.348. The van der Waals surface area contributed by atoms with E-state index in [1.807, 2.05) is 35.8 Å². The van der Waals surface area contributed by atoms with Crippen molar-refractivity contribution in [2.75, 3.05) is 18.2 Å². The standard InChI is InChI=1S/C23H26ClN5O5S/c1-14(2)12-28-22(15(3)34-20-8-6-5-7-19(20)33-4)26-27-23(28)35-13-21(30)25-18-11-16(29(31)32)9-10-17(18)24/h5-11,14-15H,12-13H2,1-4H3,(H,25,30). The monoisotopic (exact) mass is 519 g/mol. The van der Waals surface area contributed by atoms with E-state index in [0.717, 1.165) is 0 Å². The highest BCUT2D eigenvalue weighted by atomic mass is 35.5. The molecule has 0 aliphatic carbocycles. The Kier molecular flexibility index (Phi) is 8.94. The number of benzene rings is 2. The smallest absolute Gasteiger partial charge is 0.271 e. The normalized spacial score (nSPS) is 11.8. The molecule has 3 aromatic rings. The molecule has 0 saturated carbocycles. The number of nitrogens with one attached hydrogen (secondary N) is 1. The van der Waals surface area contributed by atoms with Crippen LogP contribution in [0.15, 0.2) is 47.6 Å². The lowest BCUT2D eigenvalue weighted by molar-refractivity contribution is -0.384. The molecule has 0 saturated heterocycles. The van der Waals surface area contributed by atoms with Crippen molar-refractivity contribution in [1.29, 1.82) is 0 Å². The second kappa shape index (κ2) is 11.9. The largest absolute Gasteiger partial charge is 0.493 e. The number of anilines is 1. The van der Waals surface area contributed by atoms with E-state index >= 15 is 0 Å². The van der Waals surface area contributed by atoms with Gasteiger partial charge in [0.15, 0.2) is 28.6 Å². The van der Waals surface area contributed by atoms with Gasteiger partial charge in [0.05, 0.1) is 28.5 Å². The first-order chi connectivity index (χ1) is 16.7. The highest BCUT2D eigenvalue weighted by molar-refractivity contribution is 7.99. The minimum Gasteiger partial charge on any atom is -0.493 e. The zero-order valence-corrected chi connectivity index (χ0v) is 21.3. The molecule has 0 bridgehead atoms. The number of thioether (sulfide) groups is 1. The molecule has 1 aromatic heterocycles. The summed E-state index contributed by atoms with van der Waals surface area (Å²) in [6, 6.07) is 11.2. The van der Waals surface area contributed by atoms with Crippen LogP contribution in [0.5, 0.6) is 11.5 Å². The molecule has 2 aromatic carbocycles. The lowest BCUT2D eigenvalue weighted by atomic mass is 10.2. The van der Waals surface area contributed by atoms with Gasteiger partial charge in [-0.15, -0.1) is 10.2 Å². The van der Waals surface area contributed by atoms with Crippen LogP contribution in [0.3, 0.4) is 0 Å². The molecule has 0 radical (unpaired) electrons. The van der Waals surface area contributed by atoms with E-state index in [4.69, 9.17) is 21.1 Å². The zero-order valence-electron chi connectivity index (χ0n) is 19.7. The number of hydrogen-bond donors (Lipinski definition) is 1. The zero-order chi connectivity index (χ0) is 25.5. The predicted octanol–water partition coefficient (Wildman–Crippen LogP) is 5.38. The van der Waals surface area contributed by atoms with Crippen molar-refractivity contribution < 1.29 is 19.2 Å². The van der Waals surface area contributed by atoms with E-state index in [1.54, 1.807) is 7.11 Å². The maximum Gasteiger partial charge on any atom is 0.271 e. The number of carbonyl (C=O) groups excluding carboxylic acids is 1. The Morgan fingerprint density at radius 1 is 1.20 bits per heavy atom. The average molecular weight is 520 g/mol. The van der Waals surface area contributed by atoms with Crippen molar-refractivity contribution >= 4 is 40.6 Å². The third kappa shape index (κ3) is 6.86. The number of hydrogen-bond acceptors (Lipinski definition) is 8. The molecule has 12 heteroatoms. The van der Waals surface area contributed by atoms with Crippen LogP contribution in [0.4, 0.5) is 11.4 Å². The van der Waals surface area contributed by atoms with Gasteiger partial charge in [-0.2, -0.15) is 0 Å². The van der Waals surface area contributed by atoms with E-state index in [2.05, 4.69) is 29.4 Å². The van der Waals surface area contributed by atoms with Crippen molar-refractivity contribution in [1.82, 2.24) is 14.8 Å². The summed E-state index contributed by atoms with van der Waals surface area (Å²) >= 11 is 7.28. The summed E-state index contributed by atoms with van der Waals surface area (Å²) in [6.45, 7) is 6.64. The summed E-state index contributed by atoms with van der Waals surface area (Å²) < 4.78 is 13.4. The number of rotatable bonds is 11. The number of nitro groups is 1. The number of carbonyl (C=O) groups is 1. The lowest BCUT2D eigenvalue weighted by Gasteiger charge is -2.19. The first kappa shape index (κ1) is 26.3. The van der Waals surface area contributed by atoms with E-state index in [9.17, 15) is 14.9 Å². The fourth-order valence-electron chi connectivity index (χ4n) is 3.24. The Balaban J connectivity index is 1.73. The number of amides is 1. The molecule has 1 unspecified atom stereocenters. The summed E-state index contributed by atoms with van der Waals surface area (Å²) in [6.07, 6.45) is -0.426. The molecule has 1 N–H and O–H groups in total. The molecule has 0 fully saturated rings. The first-order valence-electron chi connectivity index (χ1n) is 10.8. The highest BCUT2D eigenvalue weighted by Gasteiger charge is 2.22. The third-order valence-corrected chi connectivity index (χ3v) is 6.09. The van der Waals surface area contributed by atoms with E-state index in [-0.39, 0.29) is 28.1 Å². The second-order valence-corrected chi connectivity index (χ2v) is 9.36. The molecule has 35 heavy (non-hydrogen) atoms. The minimum atomic E-state index is -0.551. The lowest BCUT2D eigenvalue weighted by Crippen LogP contribution is -2.17. The van der Waals surface area contributed by atoms with Crippen LogP contribution >= 0.6 is 23.4 Å². The molecule has 1 amide bonds. The summed E-state index contributed by atoms with van der Waals surface area (Å²) in [5.41, 5.74) is 0.0114. The molecular weight excluding hydrogens is 494 g/mol. The number of nitro benzene ring substituents is 1. The molecule has 1 atom stereocenters. The van der Waals surface area contributed by atoms with Crippen molar-refractivity contribution in [2.24, 2.45) is 5.92 Å². The van der Waals surface area contributed by atoms with Gasteiger partial charge in [-0.25, -0.2) is 0 Å². The minimum absolute atomic E-state index is 0.0109. The number of methoxy groups -OCH3 is 1. The van der Waals surface area contributed by atoms with Gasteiger partial charge in [-0.1, -0.05) is 49.3 Å². The van der Waals surface area contributed by atoms with Gasteiger partial charge in [-0.3, -0.25) is 14.9 Å². The van der Waals surface area contributed by atoms with Crippen molar-refractivity contribution in [3.05, 3.63) is 63.4 Å². The maximum atomic E-state index is 12.5. The van der Waals surface area contributed by atoms with E-state index < -0.39 is 11.0 Å². The molecule has 186 valence electrons. The molecule has 1 heterocycles. The first-order valence-corrected chi connectivity index (χ1v) is 12.1. The molecule has 10 nitrogen and oxygen atoms in total. The van der Waals surface area contributed by atoms with Crippen LogP contribution in [0.1, 0.15) is 32.7 Å². The van der Waals surface area contributed by atoms with E-state index in [0.29, 0.717) is 34.9 Å². The molecule has 0 spiro atoms. The molecular formula is C23H26ClN5O5S. The number of aromatic nitrogens is 3. The van der Waals surface area contributed by atoms with Crippen molar-refractivity contribution in [3.8, 4) is 11.5 Å². The Morgan fingerprint density at radius 3 is 2.57 bits per heavy atom. The number of nitrogens with zero attached hydrogens (tertiary/aromatic N) is 4. The van der Waals surface area contributed by atoms with Gasteiger partial charge in [0, 0.05) is 18.7 Å². The number of ether oxygens (including phenoxy) is 2. The van der Waals surface area contributed by atoms with E-state index in [1.165, 1.54) is 30.0 Å². The van der Waals surface area contributed by atoms with Crippen molar-refractivity contribution in [2.45, 2.75) is 38.6 Å². The van der Waals surface area contributed by atoms with Gasteiger partial charge in [-0.05, 0) is 31.0 Å². The van der Waals surface area contributed by atoms with Gasteiger partial charge >= 0.3 is 0 Å². The number of non-ortho nitro benzene ring substituents is 1. The fourth-order valence-corrected chi connectivity index (χ4v) is 4.16. The van der Waals surface area contributed by atoms with Gasteiger partial charge < -0.3 is 19.4 Å². The molecule has 0 aliphatic heterocycles. The Bertz CT molecular complexity index is 1200. The van der Waals surface area contributed by atoms with Crippen LogP contribution in [-0.2, 0) is 11.3 Å². The third-order valence-electron chi connectivity index (χ3n) is 4.80. The number of halogens is 1. The Labute approximate surface area is 212 Å². The van der Waals surface area contributed by atoms with Crippen LogP contribution < -0.4 is 14.8 Å². The predicted molar refractivity (Wildman–Crippen MR) is 134 cm³/mol. The van der Waals surface area contributed by atoms with Crippen LogP contribution in [-0.4, -0.2) is 38.5 Å². The van der Waals surface area contributed by atoms with Crippen LogP contribution in [0.25, 0.3) is 0 Å². The molecule has 3 rings (SSSR count). The Morgan fingerprint density at radius 2 is 1.91 bits per heavy atom. The summed E-state index contributed by atoms with van der Waals surface area (Å²) in [5.74, 6) is 1.74. The second-order valence-electron chi connectivity index (χ2n) is 8.01. The average Bonchev–Trinajstić information content (AvgIpc) is 3.21. The SMILES string of the molecule is COc1ccccc1OC(C)c1nnc(SCC(=O)Nc2cc([N+](=O)[O-])ccc2Cl)n1CC(C)C. The van der Waals surface area contributed by atoms with Gasteiger partial charge in [0.2, 0.25) is 5.91 Å². The van der Waals surface area contributed by atoms with Crippen LogP contribution in [0.2, 0.25) is 5.02 Å².